The Balaban J connectivity index is 4.18. The van der Waals surface area contributed by atoms with Crippen molar-refractivity contribution in [1.82, 2.24) is 5.32 Å². The molecule has 0 fully saturated rings. The van der Waals surface area contributed by atoms with Crippen molar-refractivity contribution >= 4 is 23.6 Å². The molecule has 0 aromatic heterocycles. The average Bonchev–Trinajstić information content (AvgIpc) is 2.11. The van der Waals surface area contributed by atoms with Gasteiger partial charge < -0.3 is 10.4 Å². The first-order valence-electron chi connectivity index (χ1n) is 5.78. The van der Waals surface area contributed by atoms with Gasteiger partial charge in [0.15, 0.2) is 0 Å². The van der Waals surface area contributed by atoms with Gasteiger partial charge in [-0.25, -0.2) is 4.79 Å². The molecule has 4 nitrogen and oxygen atoms in total. The average molecular weight is 261 g/mol. The molecule has 0 aromatic rings. The number of carboxylic acids is 1. The third kappa shape index (κ3) is 9.03. The molecule has 0 aromatic carbocycles. The van der Waals surface area contributed by atoms with Crippen LogP contribution in [-0.2, 0) is 9.59 Å². The second kappa shape index (κ2) is 6.89. The number of thioether (sulfide) groups is 1. The van der Waals surface area contributed by atoms with Gasteiger partial charge in [-0.15, -0.1) is 11.8 Å². The first-order chi connectivity index (χ1) is 7.61. The van der Waals surface area contributed by atoms with Gasteiger partial charge in [0.25, 0.3) is 0 Å². The van der Waals surface area contributed by atoms with Crippen LogP contribution >= 0.6 is 11.8 Å². The fraction of sp³-hybridized carbons (Fsp3) is 0.833. The van der Waals surface area contributed by atoms with Crippen LogP contribution in [0.5, 0.6) is 0 Å². The van der Waals surface area contributed by atoms with Crippen molar-refractivity contribution < 1.29 is 14.7 Å². The van der Waals surface area contributed by atoms with E-state index in [1.165, 1.54) is 11.8 Å². The summed E-state index contributed by atoms with van der Waals surface area (Å²) in [5.41, 5.74) is 0. The summed E-state index contributed by atoms with van der Waals surface area (Å²) >= 11 is 1.51. The lowest BCUT2D eigenvalue weighted by molar-refractivity contribution is -0.141. The summed E-state index contributed by atoms with van der Waals surface area (Å²) in [5.74, 6) is -0.636. The minimum absolute atomic E-state index is 0.00804. The largest absolute Gasteiger partial charge is 0.480 e. The van der Waals surface area contributed by atoms with Crippen LogP contribution < -0.4 is 5.32 Å². The molecule has 1 unspecified atom stereocenters. The molecule has 0 aliphatic rings. The van der Waals surface area contributed by atoms with Gasteiger partial charge in [-0.1, -0.05) is 34.6 Å². The van der Waals surface area contributed by atoms with Crippen molar-refractivity contribution in [3.05, 3.63) is 0 Å². The fourth-order valence-electron chi connectivity index (χ4n) is 1.21. The molecule has 0 aliphatic heterocycles. The summed E-state index contributed by atoms with van der Waals surface area (Å²) < 4.78 is 0.00804. The third-order valence-corrected chi connectivity index (χ3v) is 3.25. The normalized spacial score (nSPS) is 13.5. The highest BCUT2D eigenvalue weighted by Gasteiger charge is 2.22. The van der Waals surface area contributed by atoms with E-state index in [9.17, 15) is 9.59 Å². The molecule has 0 heterocycles. The Labute approximate surface area is 108 Å². The molecule has 0 spiro atoms. The lowest BCUT2D eigenvalue weighted by atomic mass is 10.0. The van der Waals surface area contributed by atoms with E-state index in [2.05, 4.69) is 5.32 Å². The van der Waals surface area contributed by atoms with E-state index >= 15 is 0 Å². The van der Waals surface area contributed by atoms with Gasteiger partial charge in [0, 0.05) is 4.75 Å². The van der Waals surface area contributed by atoms with Gasteiger partial charge >= 0.3 is 5.97 Å². The van der Waals surface area contributed by atoms with Crippen molar-refractivity contribution in [3.8, 4) is 0 Å². The van der Waals surface area contributed by atoms with Crippen molar-refractivity contribution in [3.63, 3.8) is 0 Å². The van der Waals surface area contributed by atoms with Crippen LogP contribution in [0.2, 0.25) is 0 Å². The number of rotatable bonds is 6. The Bertz CT molecular complexity index is 271. The van der Waals surface area contributed by atoms with Crippen molar-refractivity contribution in [2.45, 2.75) is 51.8 Å². The molecule has 0 saturated carbocycles. The van der Waals surface area contributed by atoms with Crippen molar-refractivity contribution in [2.24, 2.45) is 5.92 Å². The molecule has 100 valence electrons. The maximum atomic E-state index is 11.6. The van der Waals surface area contributed by atoms with Gasteiger partial charge in [0.05, 0.1) is 5.75 Å². The molecule has 0 aliphatic carbocycles. The van der Waals surface area contributed by atoms with Gasteiger partial charge in [-0.05, 0) is 12.3 Å². The Morgan fingerprint density at radius 1 is 1.29 bits per heavy atom. The number of carbonyl (C=O) groups excluding carboxylic acids is 1. The van der Waals surface area contributed by atoms with Crippen LogP contribution in [0.4, 0.5) is 0 Å². The molecule has 1 amide bonds. The van der Waals surface area contributed by atoms with Crippen LogP contribution in [0, 0.1) is 5.92 Å². The minimum atomic E-state index is -0.965. The lowest BCUT2D eigenvalue weighted by Gasteiger charge is -2.19. The van der Waals surface area contributed by atoms with Crippen LogP contribution in [0.3, 0.4) is 0 Å². The zero-order valence-electron chi connectivity index (χ0n) is 11.2. The zero-order valence-corrected chi connectivity index (χ0v) is 12.1. The number of carboxylic acid groups (broad SMARTS) is 1. The van der Waals surface area contributed by atoms with E-state index in [0.717, 1.165) is 0 Å². The van der Waals surface area contributed by atoms with E-state index in [0.29, 0.717) is 12.2 Å². The molecule has 0 bridgehead atoms. The Hall–Kier alpha value is -0.710. The number of nitrogens with one attached hydrogen (secondary N) is 1. The second-order valence-electron chi connectivity index (χ2n) is 5.49. The predicted molar refractivity (Wildman–Crippen MR) is 71.2 cm³/mol. The number of carbonyl (C=O) groups is 2. The summed E-state index contributed by atoms with van der Waals surface area (Å²) in [6.45, 7) is 9.94. The van der Waals surface area contributed by atoms with Crippen LogP contribution in [0.25, 0.3) is 0 Å². The molecule has 0 radical (unpaired) electrons. The standard InChI is InChI=1S/C12H23NO3S/c1-8(2)6-9(11(15)16)13-10(14)7-17-12(3,4)5/h8-9H,6-7H2,1-5H3,(H,13,14)(H,15,16). The van der Waals surface area contributed by atoms with E-state index in [1.807, 2.05) is 34.6 Å². The first-order valence-corrected chi connectivity index (χ1v) is 6.76. The molecule has 0 saturated heterocycles. The zero-order chi connectivity index (χ0) is 13.6. The van der Waals surface area contributed by atoms with Crippen LogP contribution in [-0.4, -0.2) is 33.5 Å². The Morgan fingerprint density at radius 2 is 1.82 bits per heavy atom. The summed E-state index contributed by atoms with van der Waals surface area (Å²) in [5, 5.41) is 11.5. The summed E-state index contributed by atoms with van der Waals surface area (Å²) in [7, 11) is 0. The third-order valence-electron chi connectivity index (χ3n) is 1.98. The predicted octanol–water partition coefficient (Wildman–Crippen LogP) is 2.13. The highest BCUT2D eigenvalue weighted by Crippen LogP contribution is 2.22. The summed E-state index contributed by atoms with van der Waals surface area (Å²) in [6.07, 6.45) is 0.460. The van der Waals surface area contributed by atoms with Gasteiger partial charge in [0.2, 0.25) is 5.91 Å². The fourth-order valence-corrected chi connectivity index (χ4v) is 1.86. The van der Waals surface area contributed by atoms with Crippen molar-refractivity contribution in [1.29, 1.82) is 0 Å². The first kappa shape index (κ1) is 16.3. The molecule has 0 rings (SSSR count). The summed E-state index contributed by atoms with van der Waals surface area (Å²) in [6, 6.07) is -0.775. The number of aliphatic carboxylic acids is 1. The number of hydrogen-bond acceptors (Lipinski definition) is 3. The lowest BCUT2D eigenvalue weighted by Crippen LogP contribution is -2.42. The molecule has 2 N–H and O–H groups in total. The van der Waals surface area contributed by atoms with Gasteiger partial charge in [-0.3, -0.25) is 4.79 Å². The number of amides is 1. The monoisotopic (exact) mass is 261 g/mol. The molecule has 1 atom stereocenters. The van der Waals surface area contributed by atoms with Crippen LogP contribution in [0.1, 0.15) is 41.0 Å². The maximum absolute atomic E-state index is 11.6. The Morgan fingerprint density at radius 3 is 2.18 bits per heavy atom. The highest BCUT2D eigenvalue weighted by molar-refractivity contribution is 8.01. The van der Waals surface area contributed by atoms with Crippen LogP contribution in [0.15, 0.2) is 0 Å². The van der Waals surface area contributed by atoms with E-state index < -0.39 is 12.0 Å². The van der Waals surface area contributed by atoms with Gasteiger partial charge in [0.1, 0.15) is 6.04 Å². The highest BCUT2D eigenvalue weighted by atomic mass is 32.2. The molecular formula is C12H23NO3S. The van der Waals surface area contributed by atoms with E-state index in [1.54, 1.807) is 0 Å². The number of hydrogen-bond donors (Lipinski definition) is 2. The SMILES string of the molecule is CC(C)CC(NC(=O)CSC(C)(C)C)C(=O)O. The molecule has 5 heteroatoms. The Kier molecular flexibility index (Phi) is 6.60. The quantitative estimate of drug-likeness (QED) is 0.768. The molecule has 17 heavy (non-hydrogen) atoms. The van der Waals surface area contributed by atoms with E-state index in [-0.39, 0.29) is 16.6 Å². The van der Waals surface area contributed by atoms with Gasteiger partial charge in [-0.2, -0.15) is 0 Å². The van der Waals surface area contributed by atoms with E-state index in [4.69, 9.17) is 5.11 Å². The van der Waals surface area contributed by atoms with Crippen molar-refractivity contribution in [2.75, 3.05) is 5.75 Å². The maximum Gasteiger partial charge on any atom is 0.326 e. The molecular weight excluding hydrogens is 238 g/mol. The minimum Gasteiger partial charge on any atom is -0.480 e. The summed E-state index contributed by atoms with van der Waals surface area (Å²) in [4.78, 5) is 22.5. The second-order valence-corrected chi connectivity index (χ2v) is 7.29. The smallest absolute Gasteiger partial charge is 0.326 e. The topological polar surface area (TPSA) is 66.4 Å².